The second-order valence-corrected chi connectivity index (χ2v) is 6.06. The molecular formula is C18H27N5OS. The van der Waals surface area contributed by atoms with E-state index in [-0.39, 0.29) is 5.56 Å². The first kappa shape index (κ1) is 20.9. The number of hydrogen-bond donors (Lipinski definition) is 3. The SMILES string of the molecule is C=C(C)/N=C\C=C(/C)CCNC/C=C(\N)c1cnc(S)n(CC)c1=O. The summed E-state index contributed by atoms with van der Waals surface area (Å²) in [7, 11) is 0. The van der Waals surface area contributed by atoms with E-state index in [9.17, 15) is 4.79 Å². The highest BCUT2D eigenvalue weighted by atomic mass is 32.1. The largest absolute Gasteiger partial charge is 0.398 e. The molecular weight excluding hydrogens is 334 g/mol. The molecule has 0 saturated heterocycles. The summed E-state index contributed by atoms with van der Waals surface area (Å²) in [6.07, 6.45) is 7.88. The Morgan fingerprint density at radius 2 is 2.24 bits per heavy atom. The molecule has 0 spiro atoms. The molecule has 136 valence electrons. The van der Waals surface area contributed by atoms with Crippen LogP contribution in [0.2, 0.25) is 0 Å². The van der Waals surface area contributed by atoms with E-state index >= 15 is 0 Å². The van der Waals surface area contributed by atoms with Crippen LogP contribution in [0, 0.1) is 0 Å². The monoisotopic (exact) mass is 361 g/mol. The second-order valence-electron chi connectivity index (χ2n) is 5.66. The van der Waals surface area contributed by atoms with Crippen molar-refractivity contribution in [1.82, 2.24) is 14.9 Å². The molecule has 0 aromatic carbocycles. The van der Waals surface area contributed by atoms with E-state index in [4.69, 9.17) is 5.73 Å². The molecule has 0 radical (unpaired) electrons. The molecule has 0 unspecified atom stereocenters. The van der Waals surface area contributed by atoms with Gasteiger partial charge in [0.15, 0.2) is 5.16 Å². The van der Waals surface area contributed by atoms with Crippen LogP contribution in [0.5, 0.6) is 0 Å². The summed E-state index contributed by atoms with van der Waals surface area (Å²) in [5.74, 6) is 0. The maximum Gasteiger partial charge on any atom is 0.263 e. The number of rotatable bonds is 9. The highest BCUT2D eigenvalue weighted by Crippen LogP contribution is 2.05. The first-order valence-corrected chi connectivity index (χ1v) is 8.62. The van der Waals surface area contributed by atoms with Crippen molar-refractivity contribution < 1.29 is 0 Å². The van der Waals surface area contributed by atoms with Crippen LogP contribution in [0.15, 0.2) is 51.1 Å². The molecule has 0 atom stereocenters. The molecule has 0 aliphatic rings. The van der Waals surface area contributed by atoms with Gasteiger partial charge in [0, 0.05) is 36.9 Å². The lowest BCUT2D eigenvalue weighted by molar-refractivity contribution is 0.622. The Kier molecular flexibility index (Phi) is 8.94. The van der Waals surface area contributed by atoms with Gasteiger partial charge >= 0.3 is 0 Å². The summed E-state index contributed by atoms with van der Waals surface area (Å²) < 4.78 is 1.48. The fourth-order valence-electron chi connectivity index (χ4n) is 2.02. The van der Waals surface area contributed by atoms with Crippen LogP contribution in [0.25, 0.3) is 5.70 Å². The molecule has 0 bridgehead atoms. The summed E-state index contributed by atoms with van der Waals surface area (Å²) in [6.45, 7) is 11.4. The van der Waals surface area contributed by atoms with Gasteiger partial charge in [-0.25, -0.2) is 4.98 Å². The third-order valence-corrected chi connectivity index (χ3v) is 3.83. The summed E-state index contributed by atoms with van der Waals surface area (Å²) in [4.78, 5) is 20.5. The lowest BCUT2D eigenvalue weighted by Crippen LogP contribution is -2.26. The minimum Gasteiger partial charge on any atom is -0.398 e. The average molecular weight is 362 g/mol. The zero-order valence-electron chi connectivity index (χ0n) is 15.1. The molecule has 0 saturated carbocycles. The number of aliphatic imine (C=N–C) groups is 1. The van der Waals surface area contributed by atoms with Gasteiger partial charge in [-0.15, -0.1) is 12.6 Å². The van der Waals surface area contributed by atoms with Crippen LogP contribution in [0.3, 0.4) is 0 Å². The van der Waals surface area contributed by atoms with E-state index in [2.05, 4.69) is 34.5 Å². The first-order valence-electron chi connectivity index (χ1n) is 8.17. The third-order valence-electron chi connectivity index (χ3n) is 3.47. The number of thiol groups is 1. The fraction of sp³-hybridized carbons (Fsp3) is 0.389. The summed E-state index contributed by atoms with van der Waals surface area (Å²) >= 11 is 4.18. The lowest BCUT2D eigenvalue weighted by atomic mass is 10.2. The van der Waals surface area contributed by atoms with Crippen molar-refractivity contribution in [3.05, 3.63) is 52.1 Å². The van der Waals surface area contributed by atoms with Crippen LogP contribution in [-0.4, -0.2) is 28.9 Å². The highest BCUT2D eigenvalue weighted by molar-refractivity contribution is 7.80. The zero-order valence-corrected chi connectivity index (χ0v) is 16.0. The van der Waals surface area contributed by atoms with Crippen LogP contribution < -0.4 is 16.6 Å². The zero-order chi connectivity index (χ0) is 18.8. The Morgan fingerprint density at radius 1 is 1.52 bits per heavy atom. The molecule has 0 aliphatic carbocycles. The van der Waals surface area contributed by atoms with Crippen molar-refractivity contribution in [2.75, 3.05) is 13.1 Å². The van der Waals surface area contributed by atoms with Gasteiger partial charge in [-0.05, 0) is 45.9 Å². The predicted octanol–water partition coefficient (Wildman–Crippen LogP) is 2.38. The van der Waals surface area contributed by atoms with Gasteiger partial charge in [0.2, 0.25) is 0 Å². The molecule has 0 aliphatic heterocycles. The standard InChI is InChI=1S/C18H27N5OS/c1-5-23-17(24)15(12-22-18(23)25)16(19)8-10-20-9-6-14(4)7-11-21-13(2)3/h7-8,11-12,20H,2,5-6,9-10,19H2,1,3-4H3,(H,22,25)/b14-7+,16-8-,21-11-. The van der Waals surface area contributed by atoms with Gasteiger partial charge in [-0.3, -0.25) is 14.4 Å². The van der Waals surface area contributed by atoms with Crippen molar-refractivity contribution in [2.24, 2.45) is 10.7 Å². The van der Waals surface area contributed by atoms with Crippen molar-refractivity contribution in [2.45, 2.75) is 38.9 Å². The molecule has 6 nitrogen and oxygen atoms in total. The second kappa shape index (κ2) is 10.7. The topological polar surface area (TPSA) is 85.3 Å². The van der Waals surface area contributed by atoms with Crippen LogP contribution in [-0.2, 0) is 6.54 Å². The van der Waals surface area contributed by atoms with Gasteiger partial charge in [-0.2, -0.15) is 0 Å². The van der Waals surface area contributed by atoms with Gasteiger partial charge < -0.3 is 11.1 Å². The molecule has 25 heavy (non-hydrogen) atoms. The molecule has 1 aromatic rings. The normalized spacial score (nSPS) is 12.8. The van der Waals surface area contributed by atoms with E-state index in [1.165, 1.54) is 16.3 Å². The van der Waals surface area contributed by atoms with Crippen molar-refractivity contribution in [1.29, 1.82) is 0 Å². The average Bonchev–Trinajstić information content (AvgIpc) is 2.54. The minimum absolute atomic E-state index is 0.174. The van der Waals surface area contributed by atoms with Crippen molar-refractivity contribution in [3.8, 4) is 0 Å². The highest BCUT2D eigenvalue weighted by Gasteiger charge is 2.08. The summed E-state index contributed by atoms with van der Waals surface area (Å²) in [6, 6.07) is 0. The lowest BCUT2D eigenvalue weighted by Gasteiger charge is -2.08. The number of nitrogens with zero attached hydrogens (tertiary/aromatic N) is 3. The molecule has 0 fully saturated rings. The van der Waals surface area contributed by atoms with Crippen LogP contribution in [0.4, 0.5) is 0 Å². The van der Waals surface area contributed by atoms with E-state index in [1.807, 2.05) is 26.8 Å². The molecule has 0 amide bonds. The van der Waals surface area contributed by atoms with Gasteiger partial charge in [0.25, 0.3) is 5.56 Å². The maximum absolute atomic E-state index is 12.3. The van der Waals surface area contributed by atoms with E-state index < -0.39 is 0 Å². The number of aromatic nitrogens is 2. The number of nitrogens with two attached hydrogens (primary N) is 1. The maximum atomic E-state index is 12.3. The fourth-order valence-corrected chi connectivity index (χ4v) is 2.31. The Balaban J connectivity index is 2.55. The molecule has 1 heterocycles. The van der Waals surface area contributed by atoms with E-state index in [0.717, 1.165) is 18.7 Å². The summed E-state index contributed by atoms with van der Waals surface area (Å²) in [5.41, 5.74) is 8.65. The van der Waals surface area contributed by atoms with Crippen LogP contribution in [0.1, 0.15) is 32.8 Å². The number of allylic oxidation sites excluding steroid dienone is 2. The summed E-state index contributed by atoms with van der Waals surface area (Å²) in [5, 5.41) is 3.66. The first-order chi connectivity index (χ1) is 11.9. The van der Waals surface area contributed by atoms with Crippen LogP contribution >= 0.6 is 12.6 Å². The van der Waals surface area contributed by atoms with E-state index in [1.54, 1.807) is 12.3 Å². The molecule has 1 rings (SSSR count). The minimum atomic E-state index is -0.174. The third kappa shape index (κ3) is 7.11. The predicted molar refractivity (Wildman–Crippen MR) is 108 cm³/mol. The number of hydrogen-bond acceptors (Lipinski definition) is 6. The molecule has 7 heteroatoms. The van der Waals surface area contributed by atoms with Gasteiger partial charge in [0.1, 0.15) is 0 Å². The Bertz CT molecular complexity index is 746. The Labute approximate surface area is 154 Å². The number of nitrogens with one attached hydrogen (secondary N) is 1. The quantitative estimate of drug-likeness (QED) is 0.273. The van der Waals surface area contributed by atoms with Gasteiger partial charge in [-0.1, -0.05) is 12.2 Å². The molecule has 3 N–H and O–H groups in total. The van der Waals surface area contributed by atoms with E-state index in [0.29, 0.717) is 29.5 Å². The van der Waals surface area contributed by atoms with Crippen molar-refractivity contribution in [3.63, 3.8) is 0 Å². The van der Waals surface area contributed by atoms with Gasteiger partial charge in [0.05, 0.1) is 5.56 Å². The smallest absolute Gasteiger partial charge is 0.263 e. The Morgan fingerprint density at radius 3 is 2.88 bits per heavy atom. The Hall–Kier alpha value is -2.12. The molecule has 1 aromatic heterocycles. The van der Waals surface area contributed by atoms with Crippen molar-refractivity contribution >= 4 is 24.5 Å².